The van der Waals surface area contributed by atoms with Crippen LogP contribution in [0.2, 0.25) is 0 Å². The van der Waals surface area contributed by atoms with Gasteiger partial charge in [0.25, 0.3) is 0 Å². The molecule has 0 fully saturated rings. The van der Waals surface area contributed by atoms with E-state index in [1.165, 1.54) is 9.40 Å². The van der Waals surface area contributed by atoms with Crippen LogP contribution < -0.4 is 5.32 Å². The average Bonchev–Trinajstić information content (AvgIpc) is 3.00. The molecule has 0 aliphatic carbocycles. The average molecular weight is 264 g/mol. The second-order valence-electron chi connectivity index (χ2n) is 3.73. The van der Waals surface area contributed by atoms with E-state index in [4.69, 9.17) is 4.42 Å². The molecule has 0 radical (unpaired) electrons. The summed E-state index contributed by atoms with van der Waals surface area (Å²) in [6.07, 6.45) is 2.65. The highest BCUT2D eigenvalue weighted by atomic mass is 32.1. The van der Waals surface area contributed by atoms with Gasteiger partial charge in [0, 0.05) is 22.4 Å². The third-order valence-electron chi connectivity index (χ3n) is 2.52. The van der Waals surface area contributed by atoms with Gasteiger partial charge in [-0.1, -0.05) is 0 Å². The zero-order valence-corrected chi connectivity index (χ0v) is 11.0. The van der Waals surface area contributed by atoms with Crippen molar-refractivity contribution in [1.29, 1.82) is 0 Å². The van der Waals surface area contributed by atoms with E-state index in [9.17, 15) is 0 Å². The number of nitrogens with zero attached hydrogens (tertiary/aromatic N) is 1. The molecule has 3 nitrogen and oxygen atoms in total. The van der Waals surface area contributed by atoms with E-state index in [0.717, 1.165) is 29.5 Å². The molecule has 0 unspecified atom stereocenters. The fraction of sp³-hybridized carbons (Fsp3) is 0.250. The molecular formula is C12H12N2OS2. The van der Waals surface area contributed by atoms with Gasteiger partial charge in [0.2, 0.25) is 0 Å². The van der Waals surface area contributed by atoms with Crippen LogP contribution in [0.3, 0.4) is 0 Å². The summed E-state index contributed by atoms with van der Waals surface area (Å²) in [5.74, 6) is 1.68. The summed E-state index contributed by atoms with van der Waals surface area (Å²) in [6.45, 7) is 0.888. The van der Waals surface area contributed by atoms with Crippen molar-refractivity contribution in [3.8, 4) is 10.6 Å². The fourth-order valence-electron chi connectivity index (χ4n) is 1.66. The number of rotatable bonds is 4. The highest BCUT2D eigenvalue weighted by Gasteiger charge is 2.10. The quantitative estimate of drug-likeness (QED) is 0.785. The zero-order valence-electron chi connectivity index (χ0n) is 9.40. The maximum absolute atomic E-state index is 5.73. The molecule has 3 aromatic rings. The van der Waals surface area contributed by atoms with E-state index < -0.39 is 0 Å². The van der Waals surface area contributed by atoms with Crippen molar-refractivity contribution < 1.29 is 4.42 Å². The molecule has 88 valence electrons. The highest BCUT2D eigenvalue weighted by molar-refractivity contribution is 7.28. The summed E-state index contributed by atoms with van der Waals surface area (Å²) in [5, 5.41) is 5.20. The van der Waals surface area contributed by atoms with Gasteiger partial charge in [0.15, 0.2) is 11.7 Å². The van der Waals surface area contributed by atoms with Crippen molar-refractivity contribution in [2.24, 2.45) is 0 Å². The van der Waals surface area contributed by atoms with E-state index in [1.807, 2.05) is 13.2 Å². The molecule has 0 saturated carbocycles. The minimum absolute atomic E-state index is 0.797. The van der Waals surface area contributed by atoms with Crippen molar-refractivity contribution in [3.63, 3.8) is 0 Å². The number of fused-ring (bicyclic) bond motifs is 1. The Balaban J connectivity index is 1.88. The first-order valence-electron chi connectivity index (χ1n) is 5.43. The van der Waals surface area contributed by atoms with Gasteiger partial charge in [0.1, 0.15) is 0 Å². The molecule has 1 N–H and O–H groups in total. The van der Waals surface area contributed by atoms with E-state index in [1.54, 1.807) is 22.7 Å². The molecule has 17 heavy (non-hydrogen) atoms. The van der Waals surface area contributed by atoms with Crippen molar-refractivity contribution in [1.82, 2.24) is 10.3 Å². The van der Waals surface area contributed by atoms with Crippen LogP contribution in [0.25, 0.3) is 20.0 Å². The smallest absolute Gasteiger partial charge is 0.196 e. The summed E-state index contributed by atoms with van der Waals surface area (Å²) in [6, 6.07) is 4.32. The molecule has 3 heterocycles. The number of hydrogen-bond donors (Lipinski definition) is 1. The SMILES string of the molecule is CNCCc1ncc(-c2cc3sccc3s2)o1. The van der Waals surface area contributed by atoms with Crippen LogP contribution in [0.4, 0.5) is 0 Å². The van der Waals surface area contributed by atoms with E-state index in [0.29, 0.717) is 0 Å². The van der Waals surface area contributed by atoms with Crippen molar-refractivity contribution in [3.05, 3.63) is 29.6 Å². The first kappa shape index (κ1) is 11.0. The van der Waals surface area contributed by atoms with Crippen molar-refractivity contribution >= 4 is 32.1 Å². The molecule has 5 heteroatoms. The Labute approximate surface area is 107 Å². The molecule has 0 spiro atoms. The van der Waals surface area contributed by atoms with Crippen molar-refractivity contribution in [2.45, 2.75) is 6.42 Å². The lowest BCUT2D eigenvalue weighted by molar-refractivity contribution is 0.501. The van der Waals surface area contributed by atoms with Gasteiger partial charge in [-0.2, -0.15) is 0 Å². The second kappa shape index (κ2) is 4.60. The molecule has 3 rings (SSSR count). The number of oxazole rings is 1. The van der Waals surface area contributed by atoms with Crippen LogP contribution in [0.5, 0.6) is 0 Å². The van der Waals surface area contributed by atoms with Crippen LogP contribution in [-0.2, 0) is 6.42 Å². The number of likely N-dealkylation sites (N-methyl/N-ethyl adjacent to an activating group) is 1. The Hall–Kier alpha value is -1.17. The number of hydrogen-bond acceptors (Lipinski definition) is 5. The lowest BCUT2D eigenvalue weighted by atomic mass is 10.4. The van der Waals surface area contributed by atoms with Crippen molar-refractivity contribution in [2.75, 3.05) is 13.6 Å². The van der Waals surface area contributed by atoms with E-state index in [2.05, 4.69) is 27.8 Å². The van der Waals surface area contributed by atoms with Gasteiger partial charge in [-0.15, -0.1) is 22.7 Å². The maximum atomic E-state index is 5.73. The molecule has 0 bridgehead atoms. The monoisotopic (exact) mass is 264 g/mol. The van der Waals surface area contributed by atoms with Crippen LogP contribution >= 0.6 is 22.7 Å². The first-order chi connectivity index (χ1) is 8.36. The van der Waals surface area contributed by atoms with E-state index in [-0.39, 0.29) is 0 Å². The summed E-state index contributed by atoms with van der Waals surface area (Å²) in [4.78, 5) is 5.45. The fourth-order valence-corrected chi connectivity index (χ4v) is 3.71. The van der Waals surface area contributed by atoms with Gasteiger partial charge in [-0.25, -0.2) is 4.98 Å². The largest absolute Gasteiger partial charge is 0.440 e. The third kappa shape index (κ3) is 2.13. The Bertz CT molecular complexity index is 595. The minimum Gasteiger partial charge on any atom is -0.440 e. The molecule has 0 aliphatic heterocycles. The molecule has 0 saturated heterocycles. The second-order valence-corrected chi connectivity index (χ2v) is 5.76. The molecule has 3 aromatic heterocycles. The van der Waals surface area contributed by atoms with Gasteiger partial charge in [0.05, 0.1) is 11.1 Å². The number of aromatic nitrogens is 1. The summed E-state index contributed by atoms with van der Waals surface area (Å²) in [5.41, 5.74) is 0. The first-order valence-corrected chi connectivity index (χ1v) is 7.13. The maximum Gasteiger partial charge on any atom is 0.196 e. The predicted octanol–water partition coefficient (Wildman–Crippen LogP) is 3.38. The molecule has 0 aliphatic rings. The topological polar surface area (TPSA) is 38.1 Å². The number of nitrogens with one attached hydrogen (secondary N) is 1. The molecule has 0 aromatic carbocycles. The Kier molecular flexibility index (Phi) is 2.96. The van der Waals surface area contributed by atoms with Gasteiger partial charge in [-0.05, 0) is 24.6 Å². The summed E-state index contributed by atoms with van der Waals surface area (Å²) < 4.78 is 8.37. The predicted molar refractivity (Wildman–Crippen MR) is 72.8 cm³/mol. The summed E-state index contributed by atoms with van der Waals surface area (Å²) >= 11 is 3.52. The number of thiophene rings is 2. The van der Waals surface area contributed by atoms with Crippen LogP contribution in [0.15, 0.2) is 28.1 Å². The molecule has 0 atom stereocenters. The Morgan fingerprint density at radius 3 is 3.18 bits per heavy atom. The summed E-state index contributed by atoms with van der Waals surface area (Å²) in [7, 11) is 1.93. The zero-order chi connectivity index (χ0) is 11.7. The lowest BCUT2D eigenvalue weighted by Gasteiger charge is -1.93. The Morgan fingerprint density at radius 1 is 1.41 bits per heavy atom. The van der Waals surface area contributed by atoms with Gasteiger partial charge >= 0.3 is 0 Å². The third-order valence-corrected chi connectivity index (χ3v) is 4.63. The van der Waals surface area contributed by atoms with Crippen LogP contribution in [0.1, 0.15) is 5.89 Å². The molecule has 0 amide bonds. The minimum atomic E-state index is 0.797. The van der Waals surface area contributed by atoms with Crippen LogP contribution in [0, 0.1) is 0 Å². The highest BCUT2D eigenvalue weighted by Crippen LogP contribution is 2.36. The van der Waals surface area contributed by atoms with Gasteiger partial charge in [-0.3, -0.25) is 0 Å². The van der Waals surface area contributed by atoms with Gasteiger partial charge < -0.3 is 9.73 Å². The Morgan fingerprint density at radius 2 is 2.35 bits per heavy atom. The van der Waals surface area contributed by atoms with E-state index >= 15 is 0 Å². The normalized spacial score (nSPS) is 11.4. The standard InChI is InChI=1S/C12H12N2OS2/c1-13-4-2-12-14-7-8(15-12)10-6-11-9(17-10)3-5-16-11/h3,5-7,13H,2,4H2,1H3. The molecular weight excluding hydrogens is 252 g/mol. The van der Waals surface area contributed by atoms with Crippen LogP contribution in [-0.4, -0.2) is 18.6 Å². The lowest BCUT2D eigenvalue weighted by Crippen LogP contribution is -2.10.